The third-order valence-corrected chi connectivity index (χ3v) is 7.52. The zero-order chi connectivity index (χ0) is 18.4. The fourth-order valence-corrected chi connectivity index (χ4v) is 6.24. The maximum Gasteiger partial charge on any atom is 0.327 e. The summed E-state index contributed by atoms with van der Waals surface area (Å²) in [6.07, 6.45) is 1.94. The van der Waals surface area contributed by atoms with Crippen molar-refractivity contribution in [1.82, 2.24) is 10.2 Å². The van der Waals surface area contributed by atoms with Crippen LogP contribution in [0.15, 0.2) is 30.3 Å². The molecule has 0 saturated carbocycles. The van der Waals surface area contributed by atoms with Crippen LogP contribution < -0.4 is 5.32 Å². The van der Waals surface area contributed by atoms with Crippen molar-refractivity contribution in [3.63, 3.8) is 0 Å². The number of thioether (sulfide) groups is 2. The van der Waals surface area contributed by atoms with Crippen molar-refractivity contribution in [3.8, 4) is 0 Å². The molecule has 2 heterocycles. The van der Waals surface area contributed by atoms with Crippen LogP contribution in [0.2, 0.25) is 0 Å². The molecular formula is C17H20N2O4S2. The number of carboxylic acids is 1. The molecule has 8 heteroatoms. The summed E-state index contributed by atoms with van der Waals surface area (Å²) in [7, 11) is 0. The normalized spacial score (nSPS) is 29.7. The molecule has 0 radical (unpaired) electrons. The van der Waals surface area contributed by atoms with Gasteiger partial charge in [-0.3, -0.25) is 9.59 Å². The van der Waals surface area contributed by atoms with E-state index in [0.29, 0.717) is 0 Å². The van der Waals surface area contributed by atoms with Gasteiger partial charge in [0.1, 0.15) is 11.4 Å². The number of nitrogens with one attached hydrogen (secondary N) is 1. The lowest BCUT2D eigenvalue weighted by Gasteiger charge is -2.52. The highest BCUT2D eigenvalue weighted by atomic mass is 32.2. The van der Waals surface area contributed by atoms with Crippen molar-refractivity contribution in [1.29, 1.82) is 0 Å². The lowest BCUT2D eigenvalue weighted by atomic mass is 9.95. The molecule has 2 saturated heterocycles. The quantitative estimate of drug-likeness (QED) is 0.595. The van der Waals surface area contributed by atoms with Crippen LogP contribution in [0.5, 0.6) is 0 Å². The number of carboxylic acid groups (broad SMARTS) is 1. The molecular weight excluding hydrogens is 360 g/mol. The number of carbonyl (C=O) groups is 3. The van der Waals surface area contributed by atoms with Crippen LogP contribution in [0.3, 0.4) is 0 Å². The van der Waals surface area contributed by atoms with Crippen LogP contribution in [0.25, 0.3) is 0 Å². The third-order valence-electron chi connectivity index (χ3n) is 4.59. The first kappa shape index (κ1) is 18.1. The Labute approximate surface area is 154 Å². The summed E-state index contributed by atoms with van der Waals surface area (Å²) in [5, 5.41) is 12.0. The Bertz CT molecular complexity index is 725. The highest BCUT2D eigenvalue weighted by molar-refractivity contribution is 8.05. The van der Waals surface area contributed by atoms with Gasteiger partial charge in [0.2, 0.25) is 5.91 Å². The van der Waals surface area contributed by atoms with Crippen LogP contribution in [-0.4, -0.2) is 55.1 Å². The van der Waals surface area contributed by atoms with Gasteiger partial charge in [0, 0.05) is 4.75 Å². The molecule has 1 aromatic carbocycles. The average molecular weight is 380 g/mol. The van der Waals surface area contributed by atoms with Gasteiger partial charge in [-0.05, 0) is 25.7 Å². The predicted molar refractivity (Wildman–Crippen MR) is 98.3 cm³/mol. The van der Waals surface area contributed by atoms with E-state index >= 15 is 0 Å². The molecule has 3 rings (SSSR count). The van der Waals surface area contributed by atoms with Gasteiger partial charge in [-0.1, -0.05) is 30.3 Å². The SMILES string of the molecule is CS[C@@]1(NC(=O)Cc2ccccc2)C(=O)N2[C@@H](C(=O)O)C(C)(C)S[C@@H]21. The zero-order valence-electron chi connectivity index (χ0n) is 14.2. The highest BCUT2D eigenvalue weighted by Gasteiger charge is 2.72. The number of hydrogen-bond donors (Lipinski definition) is 2. The summed E-state index contributed by atoms with van der Waals surface area (Å²) >= 11 is 2.69. The van der Waals surface area contributed by atoms with E-state index in [1.54, 1.807) is 6.26 Å². The maximum atomic E-state index is 12.8. The number of nitrogens with zero attached hydrogens (tertiary/aromatic N) is 1. The molecule has 2 aliphatic rings. The van der Waals surface area contributed by atoms with Gasteiger partial charge in [-0.25, -0.2) is 4.79 Å². The van der Waals surface area contributed by atoms with Gasteiger partial charge in [-0.2, -0.15) is 0 Å². The molecule has 3 atom stereocenters. The van der Waals surface area contributed by atoms with Crippen LogP contribution in [-0.2, 0) is 20.8 Å². The number of fused-ring (bicyclic) bond motifs is 1. The Hall–Kier alpha value is -1.67. The van der Waals surface area contributed by atoms with E-state index in [2.05, 4.69) is 5.32 Å². The smallest absolute Gasteiger partial charge is 0.327 e. The predicted octanol–water partition coefficient (Wildman–Crippen LogP) is 1.55. The number of β-lactam (4-membered cyclic amide) rings is 1. The molecule has 134 valence electrons. The lowest BCUT2D eigenvalue weighted by molar-refractivity contribution is -0.163. The van der Waals surface area contributed by atoms with Crippen LogP contribution in [0, 0.1) is 0 Å². The van der Waals surface area contributed by atoms with E-state index in [4.69, 9.17) is 0 Å². The molecule has 6 nitrogen and oxygen atoms in total. The molecule has 0 aromatic heterocycles. The van der Waals surface area contributed by atoms with E-state index < -0.39 is 21.6 Å². The fourth-order valence-electron chi connectivity index (χ4n) is 3.42. The lowest BCUT2D eigenvalue weighted by Crippen LogP contribution is -2.78. The second-order valence-electron chi connectivity index (χ2n) is 6.68. The topological polar surface area (TPSA) is 86.7 Å². The number of carbonyl (C=O) groups excluding carboxylic acids is 2. The average Bonchev–Trinajstić information content (AvgIpc) is 2.82. The maximum absolute atomic E-state index is 12.8. The van der Waals surface area contributed by atoms with E-state index in [1.165, 1.54) is 28.4 Å². The summed E-state index contributed by atoms with van der Waals surface area (Å²) in [5.41, 5.74) is 0.864. The van der Waals surface area contributed by atoms with Crippen molar-refractivity contribution in [2.45, 2.75) is 41.3 Å². The summed E-state index contributed by atoms with van der Waals surface area (Å²) in [5.74, 6) is -1.60. The number of rotatable bonds is 5. The van der Waals surface area contributed by atoms with Crippen molar-refractivity contribution in [3.05, 3.63) is 35.9 Å². The van der Waals surface area contributed by atoms with Gasteiger partial charge in [0.15, 0.2) is 4.87 Å². The monoisotopic (exact) mass is 380 g/mol. The fraction of sp³-hybridized carbons (Fsp3) is 0.471. The number of aliphatic carboxylic acids is 1. The number of hydrogen-bond acceptors (Lipinski definition) is 5. The van der Waals surface area contributed by atoms with Gasteiger partial charge in [-0.15, -0.1) is 23.5 Å². The van der Waals surface area contributed by atoms with E-state index in [0.717, 1.165) is 5.56 Å². The Morgan fingerprint density at radius 2 is 1.96 bits per heavy atom. The van der Waals surface area contributed by atoms with Crippen molar-refractivity contribution < 1.29 is 19.5 Å². The minimum atomic E-state index is -1.10. The molecule has 0 unspecified atom stereocenters. The van der Waals surface area contributed by atoms with Crippen LogP contribution >= 0.6 is 23.5 Å². The summed E-state index contributed by atoms with van der Waals surface area (Å²) in [6.45, 7) is 3.64. The molecule has 0 spiro atoms. The molecule has 2 fully saturated rings. The van der Waals surface area contributed by atoms with Crippen molar-refractivity contribution >= 4 is 41.3 Å². The molecule has 0 aliphatic carbocycles. The van der Waals surface area contributed by atoms with Gasteiger partial charge in [0.25, 0.3) is 5.91 Å². The molecule has 25 heavy (non-hydrogen) atoms. The molecule has 2 amide bonds. The van der Waals surface area contributed by atoms with Crippen LogP contribution in [0.4, 0.5) is 0 Å². The second-order valence-corrected chi connectivity index (χ2v) is 9.46. The van der Waals surface area contributed by atoms with Crippen molar-refractivity contribution in [2.75, 3.05) is 6.26 Å². The Morgan fingerprint density at radius 1 is 1.32 bits per heavy atom. The summed E-state index contributed by atoms with van der Waals surface area (Å²) in [4.78, 5) is 37.2. The second kappa shape index (κ2) is 6.25. The van der Waals surface area contributed by atoms with Gasteiger partial charge < -0.3 is 15.3 Å². The standard InChI is InChI=1S/C17H20N2O4S2/c1-16(2)12(13(21)22)19-14(23)17(24-3,15(19)25-16)18-11(20)9-10-7-5-4-6-8-10/h4-8,12,15H,9H2,1-3H3,(H,18,20)(H,21,22)/t12-,15+,17-/m0/s1. The van der Waals surface area contributed by atoms with Crippen LogP contribution in [0.1, 0.15) is 19.4 Å². The van der Waals surface area contributed by atoms with E-state index in [-0.39, 0.29) is 23.6 Å². The van der Waals surface area contributed by atoms with E-state index in [9.17, 15) is 19.5 Å². The number of benzene rings is 1. The highest BCUT2D eigenvalue weighted by Crippen LogP contribution is 2.57. The minimum absolute atomic E-state index is 0.180. The molecule has 0 bridgehead atoms. The summed E-state index contributed by atoms with van der Waals surface area (Å²) < 4.78 is -0.617. The minimum Gasteiger partial charge on any atom is -0.480 e. The first-order valence-electron chi connectivity index (χ1n) is 7.86. The first-order chi connectivity index (χ1) is 11.7. The van der Waals surface area contributed by atoms with Crippen molar-refractivity contribution in [2.24, 2.45) is 0 Å². The Morgan fingerprint density at radius 3 is 2.52 bits per heavy atom. The molecule has 2 N–H and O–H groups in total. The summed E-state index contributed by atoms with van der Waals surface area (Å²) in [6, 6.07) is 8.41. The molecule has 2 aliphatic heterocycles. The van der Waals surface area contributed by atoms with Gasteiger partial charge >= 0.3 is 5.97 Å². The first-order valence-corrected chi connectivity index (χ1v) is 9.97. The third kappa shape index (κ3) is 2.81. The van der Waals surface area contributed by atoms with Gasteiger partial charge in [0.05, 0.1) is 6.42 Å². The zero-order valence-corrected chi connectivity index (χ0v) is 15.8. The van der Waals surface area contributed by atoms with E-state index in [1.807, 2.05) is 44.2 Å². The Kier molecular flexibility index (Phi) is 4.53. The molecule has 1 aromatic rings. The Balaban J connectivity index is 1.80. The number of amides is 2. The largest absolute Gasteiger partial charge is 0.480 e.